The Bertz CT molecular complexity index is 1870. The van der Waals surface area contributed by atoms with E-state index in [1.807, 2.05) is 44.2 Å². The molecule has 14 heteroatoms. The van der Waals surface area contributed by atoms with Gasteiger partial charge in [0.25, 0.3) is 5.91 Å². The third-order valence-electron chi connectivity index (χ3n) is 8.02. The first-order valence-corrected chi connectivity index (χ1v) is 15.3. The van der Waals surface area contributed by atoms with E-state index in [9.17, 15) is 28.4 Å². The van der Waals surface area contributed by atoms with Crippen LogP contribution in [0, 0.1) is 18.7 Å². The van der Waals surface area contributed by atoms with Gasteiger partial charge in [-0.3, -0.25) is 24.0 Å². The summed E-state index contributed by atoms with van der Waals surface area (Å²) in [6.45, 7) is 6.01. The van der Waals surface area contributed by atoms with Gasteiger partial charge in [0, 0.05) is 24.0 Å². The molecule has 4 N–H and O–H groups in total. The van der Waals surface area contributed by atoms with Crippen molar-refractivity contribution in [1.29, 1.82) is 0 Å². The number of para-hydroxylation sites is 1. The van der Waals surface area contributed by atoms with Gasteiger partial charge < -0.3 is 25.8 Å². The molecule has 2 aromatic carbocycles. The van der Waals surface area contributed by atoms with E-state index >= 15 is 0 Å². The molecule has 4 aromatic rings. The summed E-state index contributed by atoms with van der Waals surface area (Å²) in [6.07, 6.45) is 0.294. The number of aromatic nitrogens is 4. The largest absolute Gasteiger partial charge is 0.350 e. The predicted molar refractivity (Wildman–Crippen MR) is 171 cm³/mol. The van der Waals surface area contributed by atoms with Crippen molar-refractivity contribution in [1.82, 2.24) is 40.6 Å². The number of rotatable bonds is 4. The summed E-state index contributed by atoms with van der Waals surface area (Å²) in [4.78, 5) is 75.5. The van der Waals surface area contributed by atoms with Crippen LogP contribution < -0.4 is 21.4 Å². The van der Waals surface area contributed by atoms with Gasteiger partial charge >= 0.3 is 0 Å². The molecule has 1 aliphatic rings. The molecule has 0 saturated heterocycles. The third-order valence-corrected chi connectivity index (χ3v) is 8.02. The number of hydrogen-bond donors (Lipinski definition) is 4. The highest BCUT2D eigenvalue weighted by Crippen LogP contribution is 2.19. The second-order valence-corrected chi connectivity index (χ2v) is 12.0. The number of amides is 4. The quantitative estimate of drug-likeness (QED) is 0.262. The van der Waals surface area contributed by atoms with Crippen molar-refractivity contribution in [2.75, 3.05) is 13.1 Å². The molecule has 4 amide bonds. The maximum atomic E-state index is 14.7. The smallest absolute Gasteiger partial charge is 0.270 e. The number of hydrogen-bond acceptors (Lipinski definition) is 7. The summed E-state index contributed by atoms with van der Waals surface area (Å²) in [5, 5.41) is 13.0. The van der Waals surface area contributed by atoms with Crippen molar-refractivity contribution < 1.29 is 23.6 Å². The standard InChI is InChI=1S/C33H37FN8O5/c1-18(2)26-15-41(33(47)25-14-27(43)22-11-8-12-23(34)30(22)38-25)16-28(44)37-24(13-21-9-6-5-7-10-21)31-36-20(4)40-42(31)17-29(45)35-19(3)32(46)39-26/h5-12,14,18-19,24,26H,13,15-17H2,1-4H3,(H,35,45)(H,37,44)(H,38,43)(H,39,46)/t19-,24+,26-/m1/s1. The average molecular weight is 645 g/mol. The van der Waals surface area contributed by atoms with Crippen molar-refractivity contribution in [2.24, 2.45) is 5.92 Å². The number of benzene rings is 2. The minimum absolute atomic E-state index is 0.0721. The number of carbonyl (C=O) groups excluding carboxylic acids is 4. The van der Waals surface area contributed by atoms with E-state index in [0.29, 0.717) is 18.1 Å². The second-order valence-electron chi connectivity index (χ2n) is 12.0. The molecule has 0 bridgehead atoms. The summed E-state index contributed by atoms with van der Waals surface area (Å²) in [5.41, 5.74) is -0.0503. The van der Waals surface area contributed by atoms with Crippen LogP contribution in [0.3, 0.4) is 0 Å². The SMILES string of the molecule is Cc1nc2n(n1)CC(=O)N[C@H](C)C(=O)N[C@@H](C(C)C)CN(C(=O)c1cc(=O)c3cccc(F)c3[nH]1)CC(=O)N[C@H]2Cc1ccccc1. The maximum Gasteiger partial charge on any atom is 0.270 e. The molecule has 13 nitrogen and oxygen atoms in total. The zero-order valence-electron chi connectivity index (χ0n) is 26.5. The van der Waals surface area contributed by atoms with Gasteiger partial charge in [-0.1, -0.05) is 50.2 Å². The molecule has 0 fully saturated rings. The lowest BCUT2D eigenvalue weighted by atomic mass is 10.0. The van der Waals surface area contributed by atoms with Crippen LogP contribution in [0.25, 0.3) is 10.9 Å². The highest BCUT2D eigenvalue weighted by molar-refractivity contribution is 5.97. The van der Waals surface area contributed by atoms with Crippen LogP contribution >= 0.6 is 0 Å². The Morgan fingerprint density at radius 2 is 1.70 bits per heavy atom. The molecule has 3 heterocycles. The molecule has 47 heavy (non-hydrogen) atoms. The van der Waals surface area contributed by atoms with E-state index in [1.54, 1.807) is 6.92 Å². The maximum absolute atomic E-state index is 14.7. The Balaban J connectivity index is 1.56. The lowest BCUT2D eigenvalue weighted by molar-refractivity contribution is -0.129. The van der Waals surface area contributed by atoms with Crippen molar-refractivity contribution in [2.45, 2.75) is 58.8 Å². The monoisotopic (exact) mass is 644 g/mol. The molecule has 0 saturated carbocycles. The van der Waals surface area contributed by atoms with Gasteiger partial charge in [0.2, 0.25) is 17.7 Å². The van der Waals surface area contributed by atoms with E-state index in [-0.39, 0.29) is 35.6 Å². The first-order chi connectivity index (χ1) is 22.4. The summed E-state index contributed by atoms with van der Waals surface area (Å²) in [7, 11) is 0. The fraction of sp³-hybridized carbons (Fsp3) is 0.364. The molecule has 1 aliphatic heterocycles. The first-order valence-electron chi connectivity index (χ1n) is 15.3. The number of carbonyl (C=O) groups is 4. The zero-order valence-corrected chi connectivity index (χ0v) is 26.5. The molecular weight excluding hydrogens is 607 g/mol. The number of nitrogens with one attached hydrogen (secondary N) is 4. The van der Waals surface area contributed by atoms with Gasteiger partial charge in [0.1, 0.15) is 29.9 Å². The molecule has 5 rings (SSSR count). The fourth-order valence-corrected chi connectivity index (χ4v) is 5.51. The van der Waals surface area contributed by atoms with Crippen LogP contribution in [0.4, 0.5) is 4.39 Å². The third kappa shape index (κ3) is 7.71. The van der Waals surface area contributed by atoms with Gasteiger partial charge in [0.05, 0.1) is 18.1 Å². The Labute approximate surface area is 269 Å². The van der Waals surface area contributed by atoms with Crippen LogP contribution in [-0.2, 0) is 27.3 Å². The first kappa shape index (κ1) is 33.0. The van der Waals surface area contributed by atoms with Crippen molar-refractivity contribution in [3.8, 4) is 0 Å². The molecule has 2 aromatic heterocycles. The van der Waals surface area contributed by atoms with Gasteiger partial charge in [-0.2, -0.15) is 5.10 Å². The lowest BCUT2D eigenvalue weighted by Crippen LogP contribution is -2.54. The van der Waals surface area contributed by atoms with E-state index in [1.165, 1.54) is 34.7 Å². The normalized spacial score (nSPS) is 19.7. The number of fused-ring (bicyclic) bond motifs is 2. The zero-order chi connectivity index (χ0) is 33.8. The fourth-order valence-electron chi connectivity index (χ4n) is 5.51. The van der Waals surface area contributed by atoms with E-state index in [2.05, 4.69) is 31.0 Å². The molecular formula is C33H37FN8O5. The van der Waals surface area contributed by atoms with Crippen LogP contribution in [0.5, 0.6) is 0 Å². The molecule has 246 valence electrons. The summed E-state index contributed by atoms with van der Waals surface area (Å²) in [6, 6.07) is 12.1. The molecule has 0 unspecified atom stereocenters. The summed E-state index contributed by atoms with van der Waals surface area (Å²) in [5.74, 6) is -2.53. The molecule has 0 radical (unpaired) electrons. The van der Waals surface area contributed by atoms with Crippen LogP contribution in [0.15, 0.2) is 59.4 Å². The number of nitrogens with zero attached hydrogens (tertiary/aromatic N) is 4. The Hall–Kier alpha value is -5.40. The van der Waals surface area contributed by atoms with Crippen molar-refractivity contribution in [3.05, 3.63) is 93.5 Å². The Morgan fingerprint density at radius 3 is 2.43 bits per heavy atom. The molecule has 0 aliphatic carbocycles. The Kier molecular flexibility index (Phi) is 9.78. The van der Waals surface area contributed by atoms with E-state index in [4.69, 9.17) is 0 Å². The van der Waals surface area contributed by atoms with Crippen LogP contribution in [0.1, 0.15) is 54.5 Å². The van der Waals surface area contributed by atoms with Gasteiger partial charge in [-0.15, -0.1) is 0 Å². The van der Waals surface area contributed by atoms with E-state index in [0.717, 1.165) is 11.6 Å². The highest BCUT2D eigenvalue weighted by Gasteiger charge is 2.31. The van der Waals surface area contributed by atoms with Gasteiger partial charge in [-0.25, -0.2) is 14.1 Å². The van der Waals surface area contributed by atoms with E-state index < -0.39 is 59.5 Å². The van der Waals surface area contributed by atoms with Crippen LogP contribution in [-0.4, -0.2) is 73.5 Å². The molecule has 3 atom stereocenters. The number of H-pyrrole nitrogens is 1. The minimum Gasteiger partial charge on any atom is -0.350 e. The topological polar surface area (TPSA) is 171 Å². The van der Waals surface area contributed by atoms with Crippen LogP contribution in [0.2, 0.25) is 0 Å². The van der Waals surface area contributed by atoms with Crippen molar-refractivity contribution in [3.63, 3.8) is 0 Å². The minimum atomic E-state index is -0.939. The average Bonchev–Trinajstić information content (AvgIpc) is 3.39. The number of halogens is 1. The molecule has 0 spiro atoms. The number of pyridine rings is 1. The van der Waals surface area contributed by atoms with Gasteiger partial charge in [-0.05, 0) is 43.9 Å². The number of aryl methyl sites for hydroxylation is 1. The lowest BCUT2D eigenvalue weighted by Gasteiger charge is -2.31. The second kappa shape index (κ2) is 13.9. The highest BCUT2D eigenvalue weighted by atomic mass is 19.1. The summed E-state index contributed by atoms with van der Waals surface area (Å²) < 4.78 is 16.1. The van der Waals surface area contributed by atoms with Gasteiger partial charge in [0.15, 0.2) is 11.3 Å². The predicted octanol–water partition coefficient (Wildman–Crippen LogP) is 1.77. The number of aromatic amines is 1. The van der Waals surface area contributed by atoms with Crippen molar-refractivity contribution >= 4 is 34.5 Å². The Morgan fingerprint density at radius 1 is 0.979 bits per heavy atom. The summed E-state index contributed by atoms with van der Waals surface area (Å²) >= 11 is 0.